The Morgan fingerprint density at radius 2 is 1.68 bits per heavy atom. The minimum atomic E-state index is -0.510. The zero-order valence-electron chi connectivity index (χ0n) is 17.7. The van der Waals surface area contributed by atoms with Crippen molar-refractivity contribution in [2.45, 2.75) is 59.5 Å². The van der Waals surface area contributed by atoms with Crippen LogP contribution in [-0.4, -0.2) is 35.3 Å². The van der Waals surface area contributed by atoms with Crippen LogP contribution < -0.4 is 5.32 Å². The molecule has 1 atom stereocenters. The summed E-state index contributed by atoms with van der Waals surface area (Å²) in [6.07, 6.45) is 1.03. The Morgan fingerprint density at radius 3 is 2.32 bits per heavy atom. The Balaban J connectivity index is 2.18. The normalized spacial score (nSPS) is 11.9. The van der Waals surface area contributed by atoms with Crippen LogP contribution in [0.5, 0.6) is 0 Å². The monoisotopic (exact) mass is 380 g/mol. The highest BCUT2D eigenvalue weighted by Gasteiger charge is 2.26. The molecular formula is C24H32N2O2. The number of hydrogen-bond donors (Lipinski definition) is 1. The first-order chi connectivity index (χ1) is 13.3. The van der Waals surface area contributed by atoms with Crippen molar-refractivity contribution in [3.05, 3.63) is 70.8 Å². The van der Waals surface area contributed by atoms with Crippen molar-refractivity contribution in [1.82, 2.24) is 10.2 Å². The molecule has 0 heterocycles. The van der Waals surface area contributed by atoms with Crippen molar-refractivity contribution in [2.24, 2.45) is 0 Å². The molecular weight excluding hydrogens is 348 g/mol. The summed E-state index contributed by atoms with van der Waals surface area (Å²) < 4.78 is 0. The number of benzene rings is 2. The van der Waals surface area contributed by atoms with Crippen LogP contribution in [0, 0.1) is 13.8 Å². The third-order valence-corrected chi connectivity index (χ3v) is 4.93. The lowest BCUT2D eigenvalue weighted by Crippen LogP contribution is -2.50. The molecule has 2 amide bonds. The molecule has 0 aliphatic heterocycles. The van der Waals surface area contributed by atoms with E-state index >= 15 is 0 Å². The van der Waals surface area contributed by atoms with Gasteiger partial charge in [-0.2, -0.15) is 0 Å². The average molecular weight is 381 g/mol. The number of amides is 2. The van der Waals surface area contributed by atoms with Crippen LogP contribution >= 0.6 is 0 Å². The fourth-order valence-corrected chi connectivity index (χ4v) is 3.23. The molecule has 1 N–H and O–H groups in total. The van der Waals surface area contributed by atoms with E-state index in [9.17, 15) is 9.59 Å². The summed E-state index contributed by atoms with van der Waals surface area (Å²) in [7, 11) is 0. The van der Waals surface area contributed by atoms with Gasteiger partial charge in [-0.05, 0) is 57.7 Å². The van der Waals surface area contributed by atoms with Gasteiger partial charge in [-0.1, -0.05) is 54.1 Å². The van der Waals surface area contributed by atoms with Gasteiger partial charge in [-0.15, -0.1) is 0 Å². The van der Waals surface area contributed by atoms with E-state index in [2.05, 4.69) is 17.4 Å². The third kappa shape index (κ3) is 6.22. The molecule has 0 aliphatic rings. The van der Waals surface area contributed by atoms with Gasteiger partial charge in [0.2, 0.25) is 11.8 Å². The molecule has 4 nitrogen and oxygen atoms in total. The van der Waals surface area contributed by atoms with Crippen molar-refractivity contribution < 1.29 is 9.59 Å². The van der Waals surface area contributed by atoms with Crippen LogP contribution in [-0.2, 0) is 22.4 Å². The van der Waals surface area contributed by atoms with Gasteiger partial charge in [0.25, 0.3) is 0 Å². The minimum absolute atomic E-state index is 0.0176. The number of nitrogens with zero attached hydrogens (tertiary/aromatic N) is 1. The maximum absolute atomic E-state index is 13.2. The lowest BCUT2D eigenvalue weighted by molar-refractivity contribution is -0.139. The van der Waals surface area contributed by atoms with Gasteiger partial charge in [0, 0.05) is 12.6 Å². The van der Waals surface area contributed by atoms with Crippen molar-refractivity contribution >= 4 is 11.8 Å². The van der Waals surface area contributed by atoms with Gasteiger partial charge in [0.15, 0.2) is 0 Å². The summed E-state index contributed by atoms with van der Waals surface area (Å²) in [4.78, 5) is 27.5. The van der Waals surface area contributed by atoms with Crippen LogP contribution in [0.25, 0.3) is 0 Å². The quantitative estimate of drug-likeness (QED) is 0.757. The van der Waals surface area contributed by atoms with Crippen LogP contribution in [0.4, 0.5) is 0 Å². The minimum Gasteiger partial charge on any atom is -0.352 e. The van der Waals surface area contributed by atoms with E-state index in [1.165, 1.54) is 0 Å². The second-order valence-corrected chi connectivity index (χ2v) is 7.77. The molecule has 2 aromatic carbocycles. The van der Waals surface area contributed by atoms with Gasteiger partial charge < -0.3 is 10.2 Å². The Hall–Kier alpha value is -2.62. The van der Waals surface area contributed by atoms with Crippen LogP contribution in [0.1, 0.15) is 43.0 Å². The standard InChI is InChI=1S/C24H32N2O2/c1-17(2)25-24(28)20(5)26(14-13-21-9-7-6-8-10-21)23(27)16-22-15-18(3)11-12-19(22)4/h6-12,15,17,20H,13-14,16H2,1-5H3,(H,25,28)/t20-/m1/s1. The van der Waals surface area contributed by atoms with E-state index in [0.29, 0.717) is 13.0 Å². The Morgan fingerprint density at radius 1 is 1.00 bits per heavy atom. The van der Waals surface area contributed by atoms with Gasteiger partial charge in [-0.3, -0.25) is 9.59 Å². The van der Waals surface area contributed by atoms with Crippen molar-refractivity contribution in [3.63, 3.8) is 0 Å². The second kappa shape index (κ2) is 10.1. The summed E-state index contributed by atoms with van der Waals surface area (Å²) >= 11 is 0. The highest BCUT2D eigenvalue weighted by molar-refractivity contribution is 5.88. The van der Waals surface area contributed by atoms with Gasteiger partial charge in [-0.25, -0.2) is 0 Å². The Labute approximate surface area is 169 Å². The first-order valence-corrected chi connectivity index (χ1v) is 9.98. The summed E-state index contributed by atoms with van der Waals surface area (Å²) in [6.45, 7) is 10.2. The molecule has 0 radical (unpaired) electrons. The lowest BCUT2D eigenvalue weighted by atomic mass is 10.0. The van der Waals surface area contributed by atoms with E-state index in [4.69, 9.17) is 0 Å². The first kappa shape index (κ1) is 21.7. The van der Waals surface area contributed by atoms with E-state index in [0.717, 1.165) is 28.7 Å². The zero-order chi connectivity index (χ0) is 20.7. The van der Waals surface area contributed by atoms with E-state index < -0.39 is 6.04 Å². The highest BCUT2D eigenvalue weighted by atomic mass is 16.2. The molecule has 0 aliphatic carbocycles. The molecule has 0 saturated heterocycles. The predicted octanol–water partition coefficient (Wildman–Crippen LogP) is 3.83. The number of aryl methyl sites for hydroxylation is 2. The van der Waals surface area contributed by atoms with Gasteiger partial charge in [0.1, 0.15) is 6.04 Å². The largest absolute Gasteiger partial charge is 0.352 e. The summed E-state index contributed by atoms with van der Waals surface area (Å²) in [5, 5.41) is 2.93. The van der Waals surface area contributed by atoms with Crippen LogP contribution in [0.2, 0.25) is 0 Å². The second-order valence-electron chi connectivity index (χ2n) is 7.77. The fraction of sp³-hybridized carbons (Fsp3) is 0.417. The van der Waals surface area contributed by atoms with Crippen molar-refractivity contribution in [3.8, 4) is 0 Å². The third-order valence-electron chi connectivity index (χ3n) is 4.93. The molecule has 0 bridgehead atoms. The van der Waals surface area contributed by atoms with Crippen LogP contribution in [0.3, 0.4) is 0 Å². The van der Waals surface area contributed by atoms with E-state index in [1.54, 1.807) is 4.90 Å². The van der Waals surface area contributed by atoms with Crippen molar-refractivity contribution in [1.29, 1.82) is 0 Å². The molecule has 0 fully saturated rings. The molecule has 0 saturated carbocycles. The van der Waals surface area contributed by atoms with Crippen molar-refractivity contribution in [2.75, 3.05) is 6.54 Å². The fourth-order valence-electron chi connectivity index (χ4n) is 3.23. The molecule has 0 spiro atoms. The molecule has 0 aromatic heterocycles. The number of nitrogens with one attached hydrogen (secondary N) is 1. The SMILES string of the molecule is Cc1ccc(C)c(CC(=O)N(CCc2ccccc2)[C@H](C)C(=O)NC(C)C)c1. The van der Waals surface area contributed by atoms with E-state index in [1.807, 2.05) is 71.0 Å². The number of hydrogen-bond acceptors (Lipinski definition) is 2. The van der Waals surface area contributed by atoms with Gasteiger partial charge in [0.05, 0.1) is 6.42 Å². The lowest BCUT2D eigenvalue weighted by Gasteiger charge is -2.29. The summed E-state index contributed by atoms with van der Waals surface area (Å²) in [5.74, 6) is -0.131. The molecule has 4 heteroatoms. The van der Waals surface area contributed by atoms with Gasteiger partial charge >= 0.3 is 0 Å². The first-order valence-electron chi connectivity index (χ1n) is 9.98. The molecule has 2 rings (SSSR count). The summed E-state index contributed by atoms with van der Waals surface area (Å²) in [6, 6.07) is 15.7. The maximum Gasteiger partial charge on any atom is 0.242 e. The summed E-state index contributed by atoms with van der Waals surface area (Å²) in [5.41, 5.74) is 4.41. The Bertz CT molecular complexity index is 800. The maximum atomic E-state index is 13.2. The predicted molar refractivity (Wildman–Crippen MR) is 114 cm³/mol. The van der Waals surface area contributed by atoms with Crippen LogP contribution in [0.15, 0.2) is 48.5 Å². The number of rotatable bonds is 8. The average Bonchev–Trinajstić information content (AvgIpc) is 2.65. The molecule has 2 aromatic rings. The molecule has 0 unspecified atom stereocenters. The van der Waals surface area contributed by atoms with E-state index in [-0.39, 0.29) is 17.9 Å². The number of carbonyl (C=O) groups is 2. The topological polar surface area (TPSA) is 49.4 Å². The Kier molecular flexibility index (Phi) is 7.80. The smallest absolute Gasteiger partial charge is 0.242 e. The highest BCUT2D eigenvalue weighted by Crippen LogP contribution is 2.14. The number of carbonyl (C=O) groups excluding carboxylic acids is 2. The molecule has 28 heavy (non-hydrogen) atoms. The molecule has 150 valence electrons. The zero-order valence-corrected chi connectivity index (χ0v) is 17.7.